The number of hydrogen-bond donors (Lipinski definition) is 3. The molecule has 2 amide bonds. The van der Waals surface area contributed by atoms with Crippen LogP contribution >= 0.6 is 12.4 Å². The van der Waals surface area contributed by atoms with Gasteiger partial charge in [0.1, 0.15) is 24.3 Å². The number of anilines is 1. The maximum absolute atomic E-state index is 12.6. The van der Waals surface area contributed by atoms with Crippen molar-refractivity contribution in [3.63, 3.8) is 0 Å². The number of benzene rings is 1. The average Bonchev–Trinajstić information content (AvgIpc) is 2.53. The molecule has 0 spiro atoms. The Balaban J connectivity index is 0.00000312. The van der Waals surface area contributed by atoms with Gasteiger partial charge in [0.25, 0.3) is 0 Å². The summed E-state index contributed by atoms with van der Waals surface area (Å²) in [4.78, 5) is 23.8. The molecule has 1 fully saturated rings. The molecule has 0 saturated carbocycles. The molecule has 0 bridgehead atoms. The summed E-state index contributed by atoms with van der Waals surface area (Å²) in [7, 11) is 0. The molecule has 25 heavy (non-hydrogen) atoms. The fraction of sp³-hybridized carbons (Fsp3) is 0.467. The van der Waals surface area contributed by atoms with Crippen molar-refractivity contribution in [2.45, 2.75) is 25.1 Å². The lowest BCUT2D eigenvalue weighted by Crippen LogP contribution is -2.53. The van der Waals surface area contributed by atoms with Gasteiger partial charge in [-0.2, -0.15) is 13.2 Å². The van der Waals surface area contributed by atoms with Crippen molar-refractivity contribution in [3.8, 4) is 5.75 Å². The van der Waals surface area contributed by atoms with Gasteiger partial charge in [-0.05, 0) is 37.1 Å². The van der Waals surface area contributed by atoms with Crippen LogP contribution in [0.15, 0.2) is 24.3 Å². The van der Waals surface area contributed by atoms with Crippen LogP contribution in [0, 0.1) is 5.92 Å². The highest BCUT2D eigenvalue weighted by Crippen LogP contribution is 2.29. The van der Waals surface area contributed by atoms with E-state index in [1.54, 1.807) is 24.3 Å². The minimum Gasteiger partial charge on any atom is -0.492 e. The predicted octanol–water partition coefficient (Wildman–Crippen LogP) is 1.84. The Kier molecular flexibility index (Phi) is 7.50. The summed E-state index contributed by atoms with van der Waals surface area (Å²) in [5, 5.41) is 4.37. The van der Waals surface area contributed by atoms with Crippen molar-refractivity contribution in [3.05, 3.63) is 24.3 Å². The van der Waals surface area contributed by atoms with Gasteiger partial charge >= 0.3 is 6.18 Å². The zero-order valence-electron chi connectivity index (χ0n) is 13.1. The number of nitrogens with two attached hydrogens (primary N) is 1. The number of alkyl halides is 3. The molecule has 1 aromatic rings. The van der Waals surface area contributed by atoms with Gasteiger partial charge in [-0.15, -0.1) is 12.4 Å². The topological polar surface area (TPSA) is 93.4 Å². The van der Waals surface area contributed by atoms with E-state index in [-0.39, 0.29) is 25.2 Å². The molecule has 0 aromatic heterocycles. The third kappa shape index (κ3) is 5.79. The van der Waals surface area contributed by atoms with Gasteiger partial charge in [-0.25, -0.2) is 0 Å². The van der Waals surface area contributed by atoms with Crippen LogP contribution in [0.2, 0.25) is 0 Å². The number of hydrogen-bond acceptors (Lipinski definition) is 4. The second-order valence-electron chi connectivity index (χ2n) is 5.38. The first-order valence-corrected chi connectivity index (χ1v) is 7.42. The summed E-state index contributed by atoms with van der Waals surface area (Å²) in [6.45, 7) is 0.725. The van der Waals surface area contributed by atoms with Crippen LogP contribution in [0.5, 0.6) is 5.75 Å². The summed E-state index contributed by atoms with van der Waals surface area (Å²) in [5.41, 5.74) is 5.74. The number of ether oxygens (including phenoxy) is 1. The highest BCUT2D eigenvalue weighted by Gasteiger charge is 2.45. The van der Waals surface area contributed by atoms with Gasteiger partial charge in [0.05, 0.1) is 0 Å². The molecule has 10 heteroatoms. The number of nitrogens with one attached hydrogen (secondary N) is 2. The molecule has 1 heterocycles. The molecule has 1 aliphatic rings. The molecule has 140 valence electrons. The maximum Gasteiger partial charge on any atom is 0.408 e. The van der Waals surface area contributed by atoms with Gasteiger partial charge < -0.3 is 21.1 Å². The maximum atomic E-state index is 12.6. The van der Waals surface area contributed by atoms with Crippen LogP contribution in [0.25, 0.3) is 0 Å². The molecular formula is C15H19ClF3N3O3. The number of rotatable bonds is 5. The first-order valence-electron chi connectivity index (χ1n) is 7.42. The SMILES string of the molecule is Cl.NCCOc1ccc(NC(=O)C2CCC(C(F)(F)F)NC2=O)cc1. The summed E-state index contributed by atoms with van der Waals surface area (Å²) in [5.74, 6) is -2.12. The number of halogens is 4. The van der Waals surface area contributed by atoms with Crippen LogP contribution in [0.3, 0.4) is 0 Å². The Morgan fingerprint density at radius 2 is 1.92 bits per heavy atom. The Morgan fingerprint density at radius 3 is 2.44 bits per heavy atom. The normalized spacial score (nSPS) is 20.2. The number of carbonyl (C=O) groups is 2. The molecule has 2 atom stereocenters. The highest BCUT2D eigenvalue weighted by atomic mass is 35.5. The summed E-state index contributed by atoms with van der Waals surface area (Å²) in [6, 6.07) is 4.48. The fourth-order valence-electron chi connectivity index (χ4n) is 2.35. The second-order valence-corrected chi connectivity index (χ2v) is 5.38. The smallest absolute Gasteiger partial charge is 0.408 e. The number of piperidine rings is 1. The van der Waals surface area contributed by atoms with Gasteiger partial charge in [0.2, 0.25) is 11.8 Å². The third-order valence-corrected chi connectivity index (χ3v) is 3.60. The van der Waals surface area contributed by atoms with Crippen LogP contribution in [-0.4, -0.2) is 37.2 Å². The van der Waals surface area contributed by atoms with Gasteiger partial charge in [-0.1, -0.05) is 0 Å². The Bertz CT molecular complexity index is 596. The van der Waals surface area contributed by atoms with E-state index in [0.717, 1.165) is 0 Å². The lowest BCUT2D eigenvalue weighted by Gasteiger charge is -2.29. The quantitative estimate of drug-likeness (QED) is 0.678. The first kappa shape index (κ1) is 21.0. The van der Waals surface area contributed by atoms with E-state index >= 15 is 0 Å². The molecule has 0 aliphatic carbocycles. The largest absolute Gasteiger partial charge is 0.492 e. The van der Waals surface area contributed by atoms with E-state index in [9.17, 15) is 22.8 Å². The van der Waals surface area contributed by atoms with Gasteiger partial charge in [0, 0.05) is 12.2 Å². The van der Waals surface area contributed by atoms with Crippen molar-refractivity contribution in [1.29, 1.82) is 0 Å². The van der Waals surface area contributed by atoms with E-state index in [0.29, 0.717) is 24.6 Å². The lowest BCUT2D eigenvalue weighted by atomic mass is 9.92. The van der Waals surface area contributed by atoms with Crippen molar-refractivity contribution in [2.75, 3.05) is 18.5 Å². The number of carbonyl (C=O) groups excluding carboxylic acids is 2. The van der Waals surface area contributed by atoms with Crippen LogP contribution in [0.1, 0.15) is 12.8 Å². The van der Waals surface area contributed by atoms with Crippen LogP contribution in [0.4, 0.5) is 18.9 Å². The van der Waals surface area contributed by atoms with Crippen molar-refractivity contribution >= 4 is 29.9 Å². The van der Waals surface area contributed by atoms with Crippen molar-refractivity contribution in [2.24, 2.45) is 11.7 Å². The van der Waals surface area contributed by atoms with Crippen molar-refractivity contribution in [1.82, 2.24) is 5.32 Å². The highest BCUT2D eigenvalue weighted by molar-refractivity contribution is 6.06. The molecule has 2 rings (SSSR count). The summed E-state index contributed by atoms with van der Waals surface area (Å²) in [6.07, 6.45) is -4.98. The van der Waals surface area contributed by atoms with Gasteiger partial charge in [0.15, 0.2) is 0 Å². The van der Waals surface area contributed by atoms with E-state index in [4.69, 9.17) is 10.5 Å². The van der Waals surface area contributed by atoms with Gasteiger partial charge in [-0.3, -0.25) is 9.59 Å². The molecule has 6 nitrogen and oxygen atoms in total. The molecule has 1 saturated heterocycles. The standard InChI is InChI=1S/C15H18F3N3O3.ClH/c16-15(17,18)12-6-5-11(14(23)21-12)13(22)20-9-1-3-10(4-2-9)24-8-7-19;/h1-4,11-12H,5-8,19H2,(H,20,22)(H,21,23);1H. The minimum absolute atomic E-state index is 0. The molecule has 2 unspecified atom stereocenters. The summed E-state index contributed by atoms with van der Waals surface area (Å²) < 4.78 is 43.0. The van der Waals surface area contributed by atoms with Crippen molar-refractivity contribution < 1.29 is 27.5 Å². The van der Waals surface area contributed by atoms with E-state index in [2.05, 4.69) is 5.32 Å². The summed E-state index contributed by atoms with van der Waals surface area (Å²) >= 11 is 0. The number of amides is 2. The second kappa shape index (κ2) is 8.91. The first-order chi connectivity index (χ1) is 11.3. The van der Waals surface area contributed by atoms with E-state index in [1.165, 1.54) is 0 Å². The van der Waals surface area contributed by atoms with E-state index in [1.807, 2.05) is 5.32 Å². The van der Waals surface area contributed by atoms with Crippen LogP contribution < -0.4 is 21.1 Å². The lowest BCUT2D eigenvalue weighted by molar-refractivity contribution is -0.170. The Morgan fingerprint density at radius 1 is 1.28 bits per heavy atom. The molecule has 1 aliphatic heterocycles. The molecule has 0 radical (unpaired) electrons. The zero-order valence-corrected chi connectivity index (χ0v) is 14.0. The molecule has 4 N–H and O–H groups in total. The zero-order chi connectivity index (χ0) is 17.7. The predicted molar refractivity (Wildman–Crippen MR) is 87.6 cm³/mol. The average molecular weight is 382 g/mol. The minimum atomic E-state index is -4.50. The van der Waals surface area contributed by atoms with Crippen LogP contribution in [-0.2, 0) is 9.59 Å². The molecular weight excluding hydrogens is 363 g/mol. The monoisotopic (exact) mass is 381 g/mol. The van der Waals surface area contributed by atoms with E-state index < -0.39 is 30.0 Å². The fourth-order valence-corrected chi connectivity index (χ4v) is 2.35. The molecule has 1 aromatic carbocycles. The Hall–Kier alpha value is -2.00. The Labute approximate surface area is 148 Å². The third-order valence-electron chi connectivity index (χ3n) is 3.60.